The summed E-state index contributed by atoms with van der Waals surface area (Å²) in [4.78, 5) is 24.5. The van der Waals surface area contributed by atoms with Crippen LogP contribution in [-0.4, -0.2) is 30.9 Å². The summed E-state index contributed by atoms with van der Waals surface area (Å²) in [7, 11) is 0. The normalized spacial score (nSPS) is 20.6. The molecule has 0 bridgehead atoms. The number of amides is 2. The molecule has 3 rings (SSSR count). The van der Waals surface area contributed by atoms with Gasteiger partial charge in [0.25, 0.3) is 5.91 Å². The Labute approximate surface area is 136 Å². The molecule has 1 saturated heterocycles. The number of anilines is 1. The minimum Gasteiger partial charge on any atom is -0.349 e. The molecule has 22 heavy (non-hydrogen) atoms. The van der Waals surface area contributed by atoms with Gasteiger partial charge >= 0.3 is 0 Å². The molecule has 0 aromatic heterocycles. The predicted molar refractivity (Wildman–Crippen MR) is 88.4 cm³/mol. The van der Waals surface area contributed by atoms with Gasteiger partial charge in [0.2, 0.25) is 5.91 Å². The standard InChI is InChI=1S/C16H21N3O2.ClH/c20-15(11-4-3-9-17-10-11)19-14-6-2-1-5-13(14)16(21)18-12-7-8-12;/h1-2,5-6,11-12,17H,3-4,7-10H2,(H,18,21)(H,19,20);1H. The molecule has 1 heterocycles. The van der Waals surface area contributed by atoms with Gasteiger partial charge in [-0.2, -0.15) is 0 Å². The summed E-state index contributed by atoms with van der Waals surface area (Å²) in [6, 6.07) is 7.51. The van der Waals surface area contributed by atoms with Crippen molar-refractivity contribution in [1.29, 1.82) is 0 Å². The highest BCUT2D eigenvalue weighted by Crippen LogP contribution is 2.22. The fraction of sp³-hybridized carbons (Fsp3) is 0.500. The second-order valence-corrected chi connectivity index (χ2v) is 5.83. The van der Waals surface area contributed by atoms with Crippen molar-refractivity contribution in [3.05, 3.63) is 29.8 Å². The van der Waals surface area contributed by atoms with Crippen molar-refractivity contribution in [3.8, 4) is 0 Å². The zero-order valence-corrected chi connectivity index (χ0v) is 13.2. The Balaban J connectivity index is 0.00000176. The second kappa shape index (κ2) is 7.61. The van der Waals surface area contributed by atoms with Gasteiger partial charge in [-0.1, -0.05) is 12.1 Å². The number of piperidine rings is 1. The van der Waals surface area contributed by atoms with Crippen LogP contribution >= 0.6 is 12.4 Å². The number of carbonyl (C=O) groups excluding carboxylic acids is 2. The van der Waals surface area contributed by atoms with Crippen LogP contribution in [0, 0.1) is 5.92 Å². The van der Waals surface area contributed by atoms with Crippen LogP contribution in [0.25, 0.3) is 0 Å². The Hall–Kier alpha value is -1.59. The first-order chi connectivity index (χ1) is 10.2. The van der Waals surface area contributed by atoms with E-state index in [1.165, 1.54) is 0 Å². The molecular formula is C16H22ClN3O2. The zero-order valence-electron chi connectivity index (χ0n) is 12.4. The van der Waals surface area contributed by atoms with Crippen molar-refractivity contribution in [2.75, 3.05) is 18.4 Å². The van der Waals surface area contributed by atoms with E-state index in [0.29, 0.717) is 23.8 Å². The van der Waals surface area contributed by atoms with E-state index in [2.05, 4.69) is 16.0 Å². The maximum atomic E-state index is 12.3. The molecule has 2 amide bonds. The van der Waals surface area contributed by atoms with E-state index in [0.717, 1.165) is 32.2 Å². The average molecular weight is 324 g/mol. The number of nitrogens with one attached hydrogen (secondary N) is 3. The molecule has 1 atom stereocenters. The van der Waals surface area contributed by atoms with Crippen molar-refractivity contribution in [2.45, 2.75) is 31.7 Å². The number of benzene rings is 1. The number of hydrogen-bond acceptors (Lipinski definition) is 3. The fourth-order valence-corrected chi connectivity index (χ4v) is 2.59. The summed E-state index contributed by atoms with van der Waals surface area (Å²) in [6.45, 7) is 1.69. The highest BCUT2D eigenvalue weighted by atomic mass is 35.5. The van der Waals surface area contributed by atoms with Crippen LogP contribution in [-0.2, 0) is 4.79 Å². The van der Waals surface area contributed by atoms with Gasteiger partial charge in [-0.25, -0.2) is 0 Å². The van der Waals surface area contributed by atoms with Gasteiger partial charge in [0, 0.05) is 12.6 Å². The second-order valence-electron chi connectivity index (χ2n) is 5.83. The SMILES string of the molecule is Cl.O=C(NC1CC1)c1ccccc1NC(=O)C1CCCNC1. The fourth-order valence-electron chi connectivity index (χ4n) is 2.59. The van der Waals surface area contributed by atoms with Crippen LogP contribution in [0.3, 0.4) is 0 Å². The van der Waals surface area contributed by atoms with Crippen LogP contribution in [0.15, 0.2) is 24.3 Å². The third-order valence-electron chi connectivity index (χ3n) is 4.01. The summed E-state index contributed by atoms with van der Waals surface area (Å²) in [5.74, 6) is -0.123. The molecule has 1 aliphatic heterocycles. The van der Waals surface area contributed by atoms with E-state index in [4.69, 9.17) is 0 Å². The van der Waals surface area contributed by atoms with Gasteiger partial charge in [0.15, 0.2) is 0 Å². The maximum Gasteiger partial charge on any atom is 0.253 e. The lowest BCUT2D eigenvalue weighted by Crippen LogP contribution is -2.37. The smallest absolute Gasteiger partial charge is 0.253 e. The maximum absolute atomic E-state index is 12.3. The Morgan fingerprint density at radius 1 is 1.14 bits per heavy atom. The van der Waals surface area contributed by atoms with Gasteiger partial charge in [-0.15, -0.1) is 12.4 Å². The largest absolute Gasteiger partial charge is 0.349 e. The molecule has 1 unspecified atom stereocenters. The summed E-state index contributed by atoms with van der Waals surface area (Å²) in [5.41, 5.74) is 1.15. The minimum atomic E-state index is -0.102. The van der Waals surface area contributed by atoms with E-state index < -0.39 is 0 Å². The average Bonchev–Trinajstić information content (AvgIpc) is 3.32. The number of carbonyl (C=O) groups is 2. The number of para-hydroxylation sites is 1. The van der Waals surface area contributed by atoms with Crippen molar-refractivity contribution < 1.29 is 9.59 Å². The molecule has 1 aromatic rings. The molecule has 1 aliphatic carbocycles. The molecule has 2 fully saturated rings. The van der Waals surface area contributed by atoms with Crippen LogP contribution in [0.1, 0.15) is 36.0 Å². The quantitative estimate of drug-likeness (QED) is 0.793. The topological polar surface area (TPSA) is 70.2 Å². The van der Waals surface area contributed by atoms with Crippen molar-refractivity contribution in [3.63, 3.8) is 0 Å². The number of halogens is 1. The number of rotatable bonds is 4. The van der Waals surface area contributed by atoms with E-state index in [-0.39, 0.29) is 30.1 Å². The van der Waals surface area contributed by atoms with Gasteiger partial charge < -0.3 is 16.0 Å². The molecule has 0 radical (unpaired) electrons. The molecular weight excluding hydrogens is 302 g/mol. The molecule has 3 N–H and O–H groups in total. The molecule has 2 aliphatic rings. The van der Waals surface area contributed by atoms with E-state index >= 15 is 0 Å². The predicted octanol–water partition coefficient (Wildman–Crippen LogP) is 1.94. The summed E-state index contributed by atoms with van der Waals surface area (Å²) in [5, 5.41) is 9.11. The minimum absolute atomic E-state index is 0. The van der Waals surface area contributed by atoms with Gasteiger partial charge in [0.05, 0.1) is 17.2 Å². The molecule has 1 aromatic carbocycles. The van der Waals surface area contributed by atoms with Gasteiger partial charge in [-0.05, 0) is 44.4 Å². The van der Waals surface area contributed by atoms with Crippen LogP contribution < -0.4 is 16.0 Å². The van der Waals surface area contributed by atoms with E-state index in [1.807, 2.05) is 12.1 Å². The van der Waals surface area contributed by atoms with Crippen LogP contribution in [0.2, 0.25) is 0 Å². The van der Waals surface area contributed by atoms with Crippen LogP contribution in [0.4, 0.5) is 5.69 Å². The first-order valence-corrected chi connectivity index (χ1v) is 7.65. The van der Waals surface area contributed by atoms with E-state index in [1.54, 1.807) is 12.1 Å². The summed E-state index contributed by atoms with van der Waals surface area (Å²) in [6.07, 6.45) is 4.01. The van der Waals surface area contributed by atoms with E-state index in [9.17, 15) is 9.59 Å². The molecule has 1 saturated carbocycles. The Morgan fingerprint density at radius 3 is 2.59 bits per heavy atom. The van der Waals surface area contributed by atoms with Crippen molar-refractivity contribution >= 4 is 29.9 Å². The Morgan fingerprint density at radius 2 is 1.91 bits per heavy atom. The van der Waals surface area contributed by atoms with Gasteiger partial charge in [0.1, 0.15) is 0 Å². The highest BCUT2D eigenvalue weighted by Gasteiger charge is 2.26. The lowest BCUT2D eigenvalue weighted by molar-refractivity contribution is -0.120. The third-order valence-corrected chi connectivity index (χ3v) is 4.01. The highest BCUT2D eigenvalue weighted by molar-refractivity contribution is 6.04. The molecule has 0 spiro atoms. The Kier molecular flexibility index (Phi) is 5.80. The lowest BCUT2D eigenvalue weighted by atomic mass is 9.98. The zero-order chi connectivity index (χ0) is 14.7. The monoisotopic (exact) mass is 323 g/mol. The molecule has 120 valence electrons. The lowest BCUT2D eigenvalue weighted by Gasteiger charge is -2.22. The van der Waals surface area contributed by atoms with Crippen LogP contribution in [0.5, 0.6) is 0 Å². The van der Waals surface area contributed by atoms with Crippen molar-refractivity contribution in [1.82, 2.24) is 10.6 Å². The molecule has 5 nitrogen and oxygen atoms in total. The first kappa shape index (κ1) is 16.8. The number of hydrogen-bond donors (Lipinski definition) is 3. The summed E-state index contributed by atoms with van der Waals surface area (Å²) >= 11 is 0. The third kappa shape index (κ3) is 4.21. The molecule has 6 heteroatoms. The van der Waals surface area contributed by atoms with Gasteiger partial charge in [-0.3, -0.25) is 9.59 Å². The van der Waals surface area contributed by atoms with Crippen molar-refractivity contribution in [2.24, 2.45) is 5.92 Å². The Bertz CT molecular complexity index is 540. The summed E-state index contributed by atoms with van der Waals surface area (Å²) < 4.78 is 0. The first-order valence-electron chi connectivity index (χ1n) is 7.65.